The third-order valence-electron chi connectivity index (χ3n) is 2.52. The SMILES string of the molecule is Nc1ncnc(NCCc2ccc(Cl)cc2Cl)c1Br. The van der Waals surface area contributed by atoms with Crippen LogP contribution in [0, 0.1) is 0 Å². The van der Waals surface area contributed by atoms with E-state index in [9.17, 15) is 0 Å². The largest absolute Gasteiger partial charge is 0.383 e. The number of aromatic nitrogens is 2. The van der Waals surface area contributed by atoms with Crippen molar-refractivity contribution in [3.63, 3.8) is 0 Å². The molecule has 0 fully saturated rings. The molecule has 0 spiro atoms. The lowest BCUT2D eigenvalue weighted by atomic mass is 10.1. The number of halogens is 3. The average molecular weight is 362 g/mol. The molecule has 2 rings (SSSR count). The van der Waals surface area contributed by atoms with Crippen LogP contribution in [0.4, 0.5) is 11.6 Å². The van der Waals surface area contributed by atoms with Crippen LogP contribution in [-0.4, -0.2) is 16.5 Å². The summed E-state index contributed by atoms with van der Waals surface area (Å²) in [6, 6.07) is 5.47. The Kier molecular flexibility index (Phi) is 4.85. The monoisotopic (exact) mass is 360 g/mol. The molecule has 1 aromatic carbocycles. The molecule has 1 aromatic heterocycles. The van der Waals surface area contributed by atoms with E-state index in [0.717, 1.165) is 12.0 Å². The zero-order valence-electron chi connectivity index (χ0n) is 9.83. The lowest BCUT2D eigenvalue weighted by molar-refractivity contribution is 0.997. The van der Waals surface area contributed by atoms with Crippen molar-refractivity contribution in [2.75, 3.05) is 17.6 Å². The van der Waals surface area contributed by atoms with Crippen LogP contribution in [0.5, 0.6) is 0 Å². The number of rotatable bonds is 4. The molecule has 0 saturated heterocycles. The van der Waals surface area contributed by atoms with E-state index in [1.54, 1.807) is 6.07 Å². The van der Waals surface area contributed by atoms with Crippen LogP contribution < -0.4 is 11.1 Å². The van der Waals surface area contributed by atoms with Gasteiger partial charge < -0.3 is 11.1 Å². The summed E-state index contributed by atoms with van der Waals surface area (Å²) in [6.07, 6.45) is 2.17. The Balaban J connectivity index is 1.98. The highest BCUT2D eigenvalue weighted by Gasteiger charge is 2.06. The van der Waals surface area contributed by atoms with Gasteiger partial charge in [0, 0.05) is 16.6 Å². The van der Waals surface area contributed by atoms with Crippen LogP contribution in [0.2, 0.25) is 10.0 Å². The zero-order chi connectivity index (χ0) is 13.8. The third-order valence-corrected chi connectivity index (χ3v) is 3.89. The van der Waals surface area contributed by atoms with Crippen molar-refractivity contribution >= 4 is 50.8 Å². The first-order valence-corrected chi connectivity index (χ1v) is 7.06. The van der Waals surface area contributed by atoms with E-state index in [-0.39, 0.29) is 0 Å². The van der Waals surface area contributed by atoms with E-state index in [0.29, 0.717) is 32.7 Å². The summed E-state index contributed by atoms with van der Waals surface area (Å²) in [4.78, 5) is 7.98. The second-order valence-electron chi connectivity index (χ2n) is 3.83. The van der Waals surface area contributed by atoms with Crippen LogP contribution in [0.25, 0.3) is 0 Å². The number of hydrogen-bond donors (Lipinski definition) is 2. The van der Waals surface area contributed by atoms with E-state index in [1.165, 1.54) is 6.33 Å². The van der Waals surface area contributed by atoms with E-state index >= 15 is 0 Å². The summed E-state index contributed by atoms with van der Waals surface area (Å²) >= 11 is 15.3. The van der Waals surface area contributed by atoms with Gasteiger partial charge in [-0.25, -0.2) is 9.97 Å². The first-order valence-electron chi connectivity index (χ1n) is 5.51. The molecule has 0 atom stereocenters. The molecule has 0 aliphatic heterocycles. The van der Waals surface area contributed by atoms with Crippen molar-refractivity contribution in [1.29, 1.82) is 0 Å². The van der Waals surface area contributed by atoms with E-state index in [2.05, 4.69) is 31.2 Å². The van der Waals surface area contributed by atoms with Crippen LogP contribution in [-0.2, 0) is 6.42 Å². The maximum atomic E-state index is 6.10. The first kappa shape index (κ1) is 14.4. The molecule has 4 nitrogen and oxygen atoms in total. The van der Waals surface area contributed by atoms with E-state index in [1.807, 2.05) is 12.1 Å². The number of nitrogens with zero attached hydrogens (tertiary/aromatic N) is 2. The maximum Gasteiger partial charge on any atom is 0.145 e. The highest BCUT2D eigenvalue weighted by Crippen LogP contribution is 2.24. The van der Waals surface area contributed by atoms with E-state index in [4.69, 9.17) is 28.9 Å². The smallest absolute Gasteiger partial charge is 0.145 e. The molecule has 3 N–H and O–H groups in total. The molecule has 0 amide bonds. The van der Waals surface area contributed by atoms with Crippen LogP contribution in [0.1, 0.15) is 5.56 Å². The molecule has 0 bridgehead atoms. The minimum absolute atomic E-state index is 0.405. The summed E-state index contributed by atoms with van der Waals surface area (Å²) < 4.78 is 0.664. The molecule has 7 heteroatoms. The predicted octanol–water partition coefficient (Wildman–Crippen LogP) is 3.78. The molecule has 100 valence electrons. The van der Waals surface area contributed by atoms with Gasteiger partial charge in [0.05, 0.1) is 0 Å². The quantitative estimate of drug-likeness (QED) is 0.869. The minimum atomic E-state index is 0.405. The number of benzene rings is 1. The molecule has 1 heterocycles. The highest BCUT2D eigenvalue weighted by molar-refractivity contribution is 9.10. The van der Waals surface area contributed by atoms with Gasteiger partial charge in [-0.15, -0.1) is 0 Å². The lowest BCUT2D eigenvalue weighted by Crippen LogP contribution is -2.08. The Labute approximate surface area is 129 Å². The number of nitrogens with two attached hydrogens (primary N) is 1. The number of anilines is 2. The fourth-order valence-corrected chi connectivity index (χ4v) is 2.39. The number of nitrogen functional groups attached to an aromatic ring is 1. The Bertz CT molecular complexity index is 592. The van der Waals surface area contributed by atoms with Crippen molar-refractivity contribution in [3.05, 3.63) is 44.6 Å². The molecule has 0 radical (unpaired) electrons. The highest BCUT2D eigenvalue weighted by atomic mass is 79.9. The van der Waals surface area contributed by atoms with Crippen LogP contribution >= 0.6 is 39.1 Å². The van der Waals surface area contributed by atoms with Gasteiger partial charge >= 0.3 is 0 Å². The second kappa shape index (κ2) is 6.41. The Hall–Kier alpha value is -1.04. The lowest BCUT2D eigenvalue weighted by Gasteiger charge is -2.09. The summed E-state index contributed by atoms with van der Waals surface area (Å²) in [6.45, 7) is 0.677. The number of nitrogens with one attached hydrogen (secondary N) is 1. The fraction of sp³-hybridized carbons (Fsp3) is 0.167. The standard InChI is InChI=1S/C12H11BrCl2N4/c13-10-11(16)18-6-19-12(10)17-4-3-7-1-2-8(14)5-9(7)15/h1-2,5-6H,3-4H2,(H3,16,17,18,19). The van der Waals surface area contributed by atoms with Gasteiger partial charge in [-0.3, -0.25) is 0 Å². The second-order valence-corrected chi connectivity index (χ2v) is 5.47. The van der Waals surface area contributed by atoms with Gasteiger partial charge in [0.1, 0.15) is 22.4 Å². The van der Waals surface area contributed by atoms with Crippen LogP contribution in [0.3, 0.4) is 0 Å². The molecular formula is C12H11BrCl2N4. The van der Waals surface area contributed by atoms with Crippen molar-refractivity contribution in [2.45, 2.75) is 6.42 Å². The van der Waals surface area contributed by atoms with Gasteiger partial charge in [0.2, 0.25) is 0 Å². The number of hydrogen-bond acceptors (Lipinski definition) is 4. The van der Waals surface area contributed by atoms with Crippen LogP contribution in [0.15, 0.2) is 29.0 Å². The van der Waals surface area contributed by atoms with Gasteiger partial charge in [-0.2, -0.15) is 0 Å². The average Bonchev–Trinajstić information content (AvgIpc) is 2.37. The predicted molar refractivity (Wildman–Crippen MR) is 82.8 cm³/mol. The minimum Gasteiger partial charge on any atom is -0.383 e. The van der Waals surface area contributed by atoms with Gasteiger partial charge in [0.25, 0.3) is 0 Å². The maximum absolute atomic E-state index is 6.10. The zero-order valence-corrected chi connectivity index (χ0v) is 12.9. The van der Waals surface area contributed by atoms with E-state index < -0.39 is 0 Å². The molecular weight excluding hydrogens is 351 g/mol. The third kappa shape index (κ3) is 3.72. The Morgan fingerprint density at radius 1 is 1.26 bits per heavy atom. The molecule has 2 aromatic rings. The summed E-state index contributed by atoms with van der Waals surface area (Å²) in [5.41, 5.74) is 6.70. The van der Waals surface area contributed by atoms with Crippen molar-refractivity contribution in [1.82, 2.24) is 9.97 Å². The van der Waals surface area contributed by atoms with Gasteiger partial charge in [-0.1, -0.05) is 29.3 Å². The molecule has 0 saturated carbocycles. The van der Waals surface area contributed by atoms with Crippen molar-refractivity contribution in [3.8, 4) is 0 Å². The fourth-order valence-electron chi connectivity index (χ4n) is 1.55. The van der Waals surface area contributed by atoms with Gasteiger partial charge in [0.15, 0.2) is 0 Å². The summed E-state index contributed by atoms with van der Waals surface area (Å²) in [5.74, 6) is 1.07. The summed E-state index contributed by atoms with van der Waals surface area (Å²) in [7, 11) is 0. The normalized spacial score (nSPS) is 10.5. The topological polar surface area (TPSA) is 63.8 Å². The molecule has 19 heavy (non-hydrogen) atoms. The first-order chi connectivity index (χ1) is 9.08. The van der Waals surface area contributed by atoms with Crippen molar-refractivity contribution < 1.29 is 0 Å². The molecule has 0 aliphatic rings. The Morgan fingerprint density at radius 3 is 2.79 bits per heavy atom. The van der Waals surface area contributed by atoms with Crippen molar-refractivity contribution in [2.24, 2.45) is 0 Å². The summed E-state index contributed by atoms with van der Waals surface area (Å²) in [5, 5.41) is 4.47. The Morgan fingerprint density at radius 2 is 2.05 bits per heavy atom. The molecule has 0 aliphatic carbocycles. The molecule has 0 unspecified atom stereocenters. The van der Waals surface area contributed by atoms with Gasteiger partial charge in [-0.05, 0) is 40.0 Å².